The van der Waals surface area contributed by atoms with Gasteiger partial charge in [-0.25, -0.2) is 4.68 Å². The van der Waals surface area contributed by atoms with Crippen molar-refractivity contribution >= 4 is 29.6 Å². The molecule has 4 nitrogen and oxygen atoms in total. The first kappa shape index (κ1) is 16.7. The quantitative estimate of drug-likeness (QED) is 0.692. The number of hydrogen-bond acceptors (Lipinski definition) is 3. The summed E-state index contributed by atoms with van der Waals surface area (Å²) in [5, 5.41) is 7.77. The third kappa shape index (κ3) is 3.44. The van der Waals surface area contributed by atoms with Gasteiger partial charge in [0.25, 0.3) is 0 Å². The van der Waals surface area contributed by atoms with Crippen molar-refractivity contribution < 1.29 is 4.79 Å². The van der Waals surface area contributed by atoms with E-state index in [-0.39, 0.29) is 5.91 Å². The van der Waals surface area contributed by atoms with E-state index in [2.05, 4.69) is 24.4 Å². The van der Waals surface area contributed by atoms with Crippen LogP contribution in [0.1, 0.15) is 22.4 Å². The van der Waals surface area contributed by atoms with Gasteiger partial charge in [0.15, 0.2) is 0 Å². The molecule has 1 aromatic heterocycles. The van der Waals surface area contributed by atoms with Crippen LogP contribution in [0.15, 0.2) is 60.7 Å². The summed E-state index contributed by atoms with van der Waals surface area (Å²) in [6, 6.07) is 17.9. The van der Waals surface area contributed by atoms with Crippen molar-refractivity contribution in [2.45, 2.75) is 18.4 Å². The number of anilines is 1. The molecule has 0 saturated heterocycles. The smallest absolute Gasteiger partial charge is 0.249 e. The third-order valence-corrected chi connectivity index (χ3v) is 5.24. The topological polar surface area (TPSA) is 46.9 Å². The van der Waals surface area contributed by atoms with Crippen molar-refractivity contribution in [1.82, 2.24) is 9.78 Å². The first-order chi connectivity index (χ1) is 12.7. The van der Waals surface area contributed by atoms with Crippen molar-refractivity contribution in [3.05, 3.63) is 83.1 Å². The van der Waals surface area contributed by atoms with Gasteiger partial charge in [-0.3, -0.25) is 4.79 Å². The van der Waals surface area contributed by atoms with Gasteiger partial charge in [0.05, 0.1) is 11.4 Å². The largest absolute Gasteiger partial charge is 0.307 e. The molecule has 0 spiro atoms. The van der Waals surface area contributed by atoms with E-state index in [9.17, 15) is 4.79 Å². The Hall–Kier alpha value is -2.79. The molecule has 0 unspecified atom stereocenters. The lowest BCUT2D eigenvalue weighted by Gasteiger charge is -2.10. The minimum atomic E-state index is -0.151. The molecule has 3 aromatic rings. The average Bonchev–Trinajstić information content (AvgIpc) is 3.24. The fraction of sp³-hybridized carbons (Fsp3) is 0.143. The highest BCUT2D eigenvalue weighted by molar-refractivity contribution is 7.98. The van der Waals surface area contributed by atoms with Gasteiger partial charge in [0, 0.05) is 23.1 Å². The molecule has 0 radical (unpaired) electrons. The highest BCUT2D eigenvalue weighted by Crippen LogP contribution is 2.36. The summed E-state index contributed by atoms with van der Waals surface area (Å²) in [6.07, 6.45) is 3.38. The predicted octanol–water partition coefficient (Wildman–Crippen LogP) is 4.58. The second kappa shape index (κ2) is 7.22. The molecule has 2 heterocycles. The van der Waals surface area contributed by atoms with E-state index in [0.717, 1.165) is 45.4 Å². The lowest BCUT2D eigenvalue weighted by Crippen LogP contribution is -2.13. The summed E-state index contributed by atoms with van der Waals surface area (Å²) in [4.78, 5) is 12.5. The zero-order valence-corrected chi connectivity index (χ0v) is 15.3. The van der Waals surface area contributed by atoms with Gasteiger partial charge >= 0.3 is 0 Å². The molecule has 0 saturated carbocycles. The fourth-order valence-electron chi connectivity index (χ4n) is 2.98. The Morgan fingerprint density at radius 1 is 1.15 bits per heavy atom. The van der Waals surface area contributed by atoms with Crippen LogP contribution < -0.4 is 5.32 Å². The van der Waals surface area contributed by atoms with E-state index in [1.807, 2.05) is 65.0 Å². The second-order valence-corrected chi connectivity index (χ2v) is 7.24. The SMILES string of the molecule is Cc1cccc(-n2nc3c(c2NC(=O)C=Cc2ccccc2)CSC3)c1. The molecule has 0 atom stereocenters. The van der Waals surface area contributed by atoms with Crippen molar-refractivity contribution in [2.24, 2.45) is 0 Å². The molecule has 0 fully saturated rings. The Kier molecular flexibility index (Phi) is 4.63. The van der Waals surface area contributed by atoms with Crippen LogP contribution in [0, 0.1) is 6.92 Å². The van der Waals surface area contributed by atoms with Crippen molar-refractivity contribution in [3.63, 3.8) is 0 Å². The Balaban J connectivity index is 1.63. The van der Waals surface area contributed by atoms with Gasteiger partial charge in [-0.05, 0) is 36.3 Å². The number of rotatable bonds is 4. The number of thioether (sulfide) groups is 1. The third-order valence-electron chi connectivity index (χ3n) is 4.27. The van der Waals surface area contributed by atoms with Gasteiger partial charge in [0.2, 0.25) is 5.91 Å². The van der Waals surface area contributed by atoms with Gasteiger partial charge < -0.3 is 5.32 Å². The van der Waals surface area contributed by atoms with Crippen molar-refractivity contribution in [3.8, 4) is 5.69 Å². The van der Waals surface area contributed by atoms with Gasteiger partial charge in [-0.2, -0.15) is 16.9 Å². The molecule has 1 amide bonds. The first-order valence-electron chi connectivity index (χ1n) is 8.50. The Morgan fingerprint density at radius 2 is 2.00 bits per heavy atom. The molecule has 0 aliphatic carbocycles. The van der Waals surface area contributed by atoms with Crippen LogP contribution in [0.3, 0.4) is 0 Å². The first-order valence-corrected chi connectivity index (χ1v) is 9.66. The van der Waals surface area contributed by atoms with Crippen LogP contribution >= 0.6 is 11.8 Å². The van der Waals surface area contributed by atoms with E-state index >= 15 is 0 Å². The van der Waals surface area contributed by atoms with Crippen LogP contribution in [0.5, 0.6) is 0 Å². The number of aromatic nitrogens is 2. The number of carbonyl (C=O) groups is 1. The molecule has 5 heteroatoms. The highest BCUT2D eigenvalue weighted by Gasteiger charge is 2.24. The minimum Gasteiger partial charge on any atom is -0.307 e. The lowest BCUT2D eigenvalue weighted by atomic mass is 10.2. The average molecular weight is 361 g/mol. The number of fused-ring (bicyclic) bond motifs is 1. The summed E-state index contributed by atoms with van der Waals surface area (Å²) in [5.74, 6) is 2.39. The Labute approximate surface area is 156 Å². The zero-order valence-electron chi connectivity index (χ0n) is 14.5. The number of nitrogens with one attached hydrogen (secondary N) is 1. The fourth-order valence-corrected chi connectivity index (χ4v) is 4.02. The molecule has 26 heavy (non-hydrogen) atoms. The summed E-state index contributed by atoms with van der Waals surface area (Å²) >= 11 is 1.82. The van der Waals surface area contributed by atoms with E-state index in [0.29, 0.717) is 0 Å². The second-order valence-electron chi connectivity index (χ2n) is 6.25. The number of amides is 1. The molecule has 0 bridgehead atoms. The van der Waals surface area contributed by atoms with Crippen LogP contribution in [0.25, 0.3) is 11.8 Å². The molecular formula is C21H19N3OS. The summed E-state index contributed by atoms with van der Waals surface area (Å²) in [5.41, 5.74) is 5.30. The number of hydrogen-bond donors (Lipinski definition) is 1. The molecule has 130 valence electrons. The molecular weight excluding hydrogens is 342 g/mol. The van der Waals surface area contributed by atoms with Crippen LogP contribution in [-0.4, -0.2) is 15.7 Å². The Morgan fingerprint density at radius 3 is 2.81 bits per heavy atom. The molecule has 1 N–H and O–H groups in total. The maximum atomic E-state index is 12.5. The lowest BCUT2D eigenvalue weighted by molar-refractivity contribution is -0.111. The number of benzene rings is 2. The number of nitrogens with zero attached hydrogens (tertiary/aromatic N) is 2. The maximum absolute atomic E-state index is 12.5. The summed E-state index contributed by atoms with van der Waals surface area (Å²) < 4.78 is 1.85. The van der Waals surface area contributed by atoms with Crippen LogP contribution in [0.4, 0.5) is 5.82 Å². The van der Waals surface area contributed by atoms with Crippen molar-refractivity contribution in [1.29, 1.82) is 0 Å². The predicted molar refractivity (Wildman–Crippen MR) is 107 cm³/mol. The zero-order chi connectivity index (χ0) is 17.9. The van der Waals surface area contributed by atoms with Gasteiger partial charge in [0.1, 0.15) is 5.82 Å². The van der Waals surface area contributed by atoms with Crippen LogP contribution in [0.2, 0.25) is 0 Å². The van der Waals surface area contributed by atoms with Crippen molar-refractivity contribution in [2.75, 3.05) is 5.32 Å². The number of carbonyl (C=O) groups excluding carboxylic acids is 1. The molecule has 1 aliphatic rings. The molecule has 4 rings (SSSR count). The summed E-state index contributed by atoms with van der Waals surface area (Å²) in [6.45, 7) is 2.05. The standard InChI is InChI=1S/C21H19N3OS/c1-15-6-5-9-17(12-15)24-21(18-13-26-14-19(18)23-24)22-20(25)11-10-16-7-3-2-4-8-16/h2-12H,13-14H2,1H3,(H,22,25). The maximum Gasteiger partial charge on any atom is 0.249 e. The van der Waals surface area contributed by atoms with E-state index in [4.69, 9.17) is 5.10 Å². The Bertz CT molecular complexity index is 976. The van der Waals surface area contributed by atoms with E-state index < -0.39 is 0 Å². The monoisotopic (exact) mass is 361 g/mol. The van der Waals surface area contributed by atoms with Gasteiger partial charge in [-0.1, -0.05) is 42.5 Å². The molecule has 2 aromatic carbocycles. The molecule has 1 aliphatic heterocycles. The van der Waals surface area contributed by atoms with Crippen LogP contribution in [-0.2, 0) is 16.3 Å². The number of aryl methyl sites for hydroxylation is 1. The van der Waals surface area contributed by atoms with E-state index in [1.54, 1.807) is 6.08 Å². The summed E-state index contributed by atoms with van der Waals surface area (Å²) in [7, 11) is 0. The minimum absolute atomic E-state index is 0.151. The normalized spacial score (nSPS) is 13.1. The van der Waals surface area contributed by atoms with E-state index in [1.165, 1.54) is 0 Å². The van der Waals surface area contributed by atoms with Gasteiger partial charge in [-0.15, -0.1) is 0 Å². The highest BCUT2D eigenvalue weighted by atomic mass is 32.2.